The molecule has 17 heavy (non-hydrogen) atoms. The minimum Gasteiger partial charge on any atom is -0.375 e. The summed E-state index contributed by atoms with van der Waals surface area (Å²) in [6.07, 6.45) is 3.69. The van der Waals surface area contributed by atoms with Gasteiger partial charge in [-0.15, -0.1) is 0 Å². The van der Waals surface area contributed by atoms with Crippen molar-refractivity contribution in [3.63, 3.8) is 0 Å². The number of amides is 2. The van der Waals surface area contributed by atoms with Crippen molar-refractivity contribution < 1.29 is 9.59 Å². The number of nitrogens with two attached hydrogens (primary N) is 1. The predicted octanol–water partition coefficient (Wildman–Crippen LogP) is 1.01. The second-order valence-electron chi connectivity index (χ2n) is 5.36. The van der Waals surface area contributed by atoms with Gasteiger partial charge in [0.25, 0.3) is 0 Å². The molecule has 0 aromatic rings. The van der Waals surface area contributed by atoms with Gasteiger partial charge in [0.05, 0.1) is 0 Å². The summed E-state index contributed by atoms with van der Waals surface area (Å²) in [5, 5.41) is -0.259. The van der Waals surface area contributed by atoms with Crippen LogP contribution in [0.15, 0.2) is 0 Å². The Hall–Kier alpha value is -0.843. The zero-order valence-corrected chi connectivity index (χ0v) is 12.6. The van der Waals surface area contributed by atoms with E-state index in [1.54, 1.807) is 0 Å². The molecule has 1 heterocycles. The highest BCUT2D eigenvalue weighted by atomic mass is 28.2. The average molecular weight is 256 g/mol. The third kappa shape index (κ3) is 3.31. The first kappa shape index (κ1) is 14.2. The van der Waals surface area contributed by atoms with Crippen molar-refractivity contribution >= 4 is 21.0 Å². The first-order valence-corrected chi connectivity index (χ1v) is 7.93. The molecule has 2 amide bonds. The summed E-state index contributed by atoms with van der Waals surface area (Å²) in [6.45, 7) is 7.02. The number of carbonyl (C=O) groups excluding carboxylic acids is 2. The van der Waals surface area contributed by atoms with E-state index in [9.17, 15) is 9.59 Å². The summed E-state index contributed by atoms with van der Waals surface area (Å²) in [5.74, 6) is 0.682. The maximum Gasteiger partial charge on any atom is 0.223 e. The monoisotopic (exact) mass is 256 g/mol. The Bertz CT molecular complexity index is 309. The minimum absolute atomic E-state index is 0.193. The highest BCUT2D eigenvalue weighted by Crippen LogP contribution is 2.30. The van der Waals surface area contributed by atoms with Crippen molar-refractivity contribution in [1.29, 1.82) is 0 Å². The van der Waals surface area contributed by atoms with Gasteiger partial charge in [0, 0.05) is 18.1 Å². The molecule has 0 aromatic heterocycles. The fraction of sp³-hybridized carbons (Fsp3) is 0.833. The fourth-order valence-corrected chi connectivity index (χ4v) is 4.19. The zero-order valence-electron chi connectivity index (χ0n) is 11.2. The van der Waals surface area contributed by atoms with Crippen molar-refractivity contribution in [1.82, 2.24) is 4.90 Å². The smallest absolute Gasteiger partial charge is 0.223 e. The largest absolute Gasteiger partial charge is 0.375 e. The molecule has 2 N–H and O–H groups in total. The molecule has 1 aliphatic rings. The van der Waals surface area contributed by atoms with Crippen molar-refractivity contribution in [3.05, 3.63) is 0 Å². The van der Waals surface area contributed by atoms with Crippen LogP contribution in [0.4, 0.5) is 4.79 Å². The lowest BCUT2D eigenvalue weighted by Gasteiger charge is -2.37. The van der Waals surface area contributed by atoms with Crippen LogP contribution in [0.25, 0.3) is 0 Å². The lowest BCUT2D eigenvalue weighted by molar-refractivity contribution is -0.130. The van der Waals surface area contributed by atoms with Crippen molar-refractivity contribution in [3.8, 4) is 0 Å². The van der Waals surface area contributed by atoms with E-state index in [2.05, 4.69) is 6.92 Å². The van der Waals surface area contributed by atoms with Crippen LogP contribution in [-0.4, -0.2) is 37.6 Å². The number of likely N-dealkylation sites (tertiary alicyclic amines) is 1. The van der Waals surface area contributed by atoms with Crippen LogP contribution in [0.5, 0.6) is 0 Å². The van der Waals surface area contributed by atoms with E-state index in [1.807, 2.05) is 18.7 Å². The first-order valence-electron chi connectivity index (χ1n) is 6.51. The second-order valence-corrected chi connectivity index (χ2v) is 7.93. The molecule has 0 bridgehead atoms. The molecule has 0 unspecified atom stereocenters. The van der Waals surface area contributed by atoms with E-state index in [0.717, 1.165) is 25.8 Å². The number of nitrogens with zero attached hydrogens (tertiary/aromatic N) is 1. The highest BCUT2D eigenvalue weighted by Gasteiger charge is 2.41. The number of primary amides is 1. The van der Waals surface area contributed by atoms with Gasteiger partial charge in [-0.05, 0) is 25.7 Å². The predicted molar refractivity (Wildman–Crippen MR) is 71.6 cm³/mol. The lowest BCUT2D eigenvalue weighted by atomic mass is 10.0. The van der Waals surface area contributed by atoms with Crippen molar-refractivity contribution in [2.75, 3.05) is 6.54 Å². The van der Waals surface area contributed by atoms with E-state index in [-0.39, 0.29) is 16.6 Å². The van der Waals surface area contributed by atoms with Crippen LogP contribution in [0.2, 0.25) is 0 Å². The molecule has 4 nitrogen and oxygen atoms in total. The van der Waals surface area contributed by atoms with Crippen molar-refractivity contribution in [2.45, 2.75) is 51.6 Å². The van der Waals surface area contributed by atoms with Crippen LogP contribution in [0.3, 0.4) is 0 Å². The van der Waals surface area contributed by atoms with Gasteiger partial charge in [-0.3, -0.25) is 9.59 Å². The van der Waals surface area contributed by atoms with E-state index < -0.39 is 9.52 Å². The highest BCUT2D eigenvalue weighted by molar-refractivity contribution is 6.75. The SMILES string of the molecule is CCC[C@@H]1CC(=O)N([C@](C)(CC)[SiH2]C(N)=O)C1. The van der Waals surface area contributed by atoms with Gasteiger partial charge in [-0.25, -0.2) is 0 Å². The van der Waals surface area contributed by atoms with Crippen molar-refractivity contribution in [2.24, 2.45) is 11.7 Å². The van der Waals surface area contributed by atoms with Crippen LogP contribution in [0.1, 0.15) is 46.5 Å². The molecule has 0 aromatic carbocycles. The molecule has 5 heteroatoms. The van der Waals surface area contributed by atoms with E-state index in [0.29, 0.717) is 12.3 Å². The molecule has 2 atom stereocenters. The van der Waals surface area contributed by atoms with Gasteiger partial charge in [-0.1, -0.05) is 20.3 Å². The van der Waals surface area contributed by atoms with Gasteiger partial charge < -0.3 is 10.6 Å². The number of hydrogen-bond acceptors (Lipinski definition) is 2. The number of rotatable bonds is 6. The molecule has 1 fully saturated rings. The van der Waals surface area contributed by atoms with Crippen LogP contribution in [-0.2, 0) is 4.79 Å². The molecule has 0 radical (unpaired) electrons. The number of hydrogen-bond donors (Lipinski definition) is 1. The fourth-order valence-electron chi connectivity index (χ4n) is 2.69. The van der Waals surface area contributed by atoms with Gasteiger partial charge in [0.2, 0.25) is 5.91 Å². The van der Waals surface area contributed by atoms with E-state index in [1.165, 1.54) is 0 Å². The van der Waals surface area contributed by atoms with E-state index in [4.69, 9.17) is 5.73 Å². The van der Waals surface area contributed by atoms with Crippen LogP contribution in [0, 0.1) is 5.92 Å². The van der Waals surface area contributed by atoms with Crippen LogP contribution < -0.4 is 5.73 Å². The molecular formula is C12H24N2O2Si. The molecular weight excluding hydrogens is 232 g/mol. The maximum absolute atomic E-state index is 12.0. The minimum atomic E-state index is -1.09. The Balaban J connectivity index is 2.76. The van der Waals surface area contributed by atoms with E-state index >= 15 is 0 Å². The van der Waals surface area contributed by atoms with Gasteiger partial charge in [-0.2, -0.15) is 0 Å². The molecule has 0 aliphatic carbocycles. The Morgan fingerprint density at radius 1 is 1.59 bits per heavy atom. The molecule has 98 valence electrons. The van der Waals surface area contributed by atoms with Gasteiger partial charge in [0.15, 0.2) is 15.1 Å². The zero-order chi connectivity index (χ0) is 13.1. The molecule has 1 aliphatic heterocycles. The average Bonchev–Trinajstić information content (AvgIpc) is 2.59. The second kappa shape index (κ2) is 5.66. The Morgan fingerprint density at radius 3 is 2.71 bits per heavy atom. The molecule has 1 rings (SSSR count). The summed E-state index contributed by atoms with van der Waals surface area (Å²) >= 11 is 0. The third-order valence-electron chi connectivity index (χ3n) is 3.87. The normalized spacial score (nSPS) is 24.5. The molecule has 1 saturated heterocycles. The topological polar surface area (TPSA) is 63.4 Å². The lowest BCUT2D eigenvalue weighted by Crippen LogP contribution is -2.54. The quantitative estimate of drug-likeness (QED) is 0.721. The number of carbonyl (C=O) groups is 2. The van der Waals surface area contributed by atoms with Crippen LogP contribution >= 0.6 is 0 Å². The Labute approximate surface area is 106 Å². The van der Waals surface area contributed by atoms with Gasteiger partial charge in [0.1, 0.15) is 0 Å². The maximum atomic E-state index is 12.0. The first-order chi connectivity index (χ1) is 7.92. The summed E-state index contributed by atoms with van der Waals surface area (Å²) in [4.78, 5) is 25.2. The third-order valence-corrected chi connectivity index (χ3v) is 5.86. The molecule has 0 spiro atoms. The summed E-state index contributed by atoms with van der Waals surface area (Å²) in [7, 11) is -1.09. The van der Waals surface area contributed by atoms with Gasteiger partial charge >= 0.3 is 0 Å². The summed E-state index contributed by atoms with van der Waals surface area (Å²) in [6, 6.07) is 0. The Kier molecular flexibility index (Phi) is 4.74. The Morgan fingerprint density at radius 2 is 2.24 bits per heavy atom. The standard InChI is InChI=1S/C12H24N2O2Si/c1-4-6-9-7-10(15)14(8-9)12(3,5-2)17-11(13)16/h9H,4-8,17H2,1-3H3,(H2,13,16)/t9-,12+/m1/s1. The summed E-state index contributed by atoms with van der Waals surface area (Å²) in [5.41, 5.74) is 5.15. The molecule has 0 saturated carbocycles. The summed E-state index contributed by atoms with van der Waals surface area (Å²) < 4.78 is 0.